The fraction of sp³-hybridized carbons (Fsp3) is 0. The van der Waals surface area contributed by atoms with Crippen molar-refractivity contribution in [2.24, 2.45) is 0 Å². The Kier molecular flexibility index (Phi) is 2.85. The monoisotopic (exact) mass is 219 g/mol. The van der Waals surface area contributed by atoms with Crippen LogP contribution in [0.5, 0.6) is 0 Å². The van der Waals surface area contributed by atoms with Crippen LogP contribution in [0.1, 0.15) is 10.4 Å². The first-order chi connectivity index (χ1) is 6.06. The number of carbonyl (C=O) groups excluding carboxylic acids is 1. The minimum absolute atomic E-state index is 0.139. The number of nitro groups is 1. The summed E-state index contributed by atoms with van der Waals surface area (Å²) in [5.41, 5.74) is -0.172. The smallest absolute Gasteiger partial charge is 0.298 e. The number of halogens is 2. The first-order valence-electron chi connectivity index (χ1n) is 3.15. The van der Waals surface area contributed by atoms with Crippen LogP contribution in [0.2, 0.25) is 10.0 Å². The van der Waals surface area contributed by atoms with E-state index < -0.39 is 4.92 Å². The molecule has 0 fully saturated rings. The van der Waals surface area contributed by atoms with Gasteiger partial charge in [0.25, 0.3) is 0 Å². The highest BCUT2D eigenvalue weighted by Crippen LogP contribution is 2.32. The molecule has 0 N–H and O–H groups in total. The summed E-state index contributed by atoms with van der Waals surface area (Å²) >= 11 is 11.0. The summed E-state index contributed by atoms with van der Waals surface area (Å²) in [4.78, 5) is 20.0. The van der Waals surface area contributed by atoms with E-state index in [4.69, 9.17) is 23.2 Å². The summed E-state index contributed by atoms with van der Waals surface area (Å²) in [5, 5.41) is 10.1. The summed E-state index contributed by atoms with van der Waals surface area (Å²) in [7, 11) is 0. The predicted molar refractivity (Wildman–Crippen MR) is 48.5 cm³/mol. The first kappa shape index (κ1) is 9.95. The van der Waals surface area contributed by atoms with E-state index in [1.165, 1.54) is 12.1 Å². The third-order valence-electron chi connectivity index (χ3n) is 1.36. The van der Waals surface area contributed by atoms with Gasteiger partial charge < -0.3 is 0 Å². The lowest BCUT2D eigenvalue weighted by Gasteiger charge is -1.98. The second-order valence-electron chi connectivity index (χ2n) is 2.21. The number of aldehydes is 1. The molecule has 0 bridgehead atoms. The Morgan fingerprint density at radius 2 is 1.77 bits per heavy atom. The summed E-state index contributed by atoms with van der Waals surface area (Å²) in [6.45, 7) is 0. The fourth-order valence-corrected chi connectivity index (χ4v) is 1.47. The van der Waals surface area contributed by atoms with Gasteiger partial charge in [-0.05, 0) is 12.1 Å². The highest BCUT2D eigenvalue weighted by Gasteiger charge is 2.18. The normalized spacial score (nSPS) is 9.69. The second kappa shape index (κ2) is 3.72. The molecule has 0 heterocycles. The van der Waals surface area contributed by atoms with Crippen LogP contribution in [-0.4, -0.2) is 11.2 Å². The maximum atomic E-state index is 10.4. The molecule has 6 heteroatoms. The molecule has 0 amide bonds. The van der Waals surface area contributed by atoms with Crippen molar-refractivity contribution in [1.82, 2.24) is 0 Å². The zero-order chi connectivity index (χ0) is 10.0. The quantitative estimate of drug-likeness (QED) is 0.437. The van der Waals surface area contributed by atoms with Gasteiger partial charge in [0.15, 0.2) is 0 Å². The average molecular weight is 220 g/mol. The van der Waals surface area contributed by atoms with Gasteiger partial charge >= 0.3 is 5.69 Å². The van der Waals surface area contributed by atoms with Crippen molar-refractivity contribution in [2.75, 3.05) is 0 Å². The Hall–Kier alpha value is -1.13. The number of rotatable bonds is 2. The van der Waals surface area contributed by atoms with Crippen LogP contribution in [0.4, 0.5) is 5.69 Å². The topological polar surface area (TPSA) is 60.2 Å². The molecule has 4 nitrogen and oxygen atoms in total. The molecule has 0 spiro atoms. The van der Waals surface area contributed by atoms with Gasteiger partial charge in [0.05, 0.1) is 4.92 Å². The van der Waals surface area contributed by atoms with E-state index in [0.717, 1.165) is 0 Å². The molecule has 0 aliphatic carbocycles. The fourth-order valence-electron chi connectivity index (χ4n) is 0.828. The summed E-state index contributed by atoms with van der Waals surface area (Å²) in [6.07, 6.45) is 0.515. The lowest BCUT2D eigenvalue weighted by molar-refractivity contribution is -0.384. The number of carbonyl (C=O) groups is 1. The Morgan fingerprint density at radius 1 is 1.31 bits per heavy atom. The molecule has 0 unspecified atom stereocenters. The largest absolute Gasteiger partial charge is 0.306 e. The van der Waals surface area contributed by atoms with Crippen LogP contribution < -0.4 is 0 Å². The van der Waals surface area contributed by atoms with E-state index in [9.17, 15) is 14.9 Å². The number of nitro benzene ring substituents is 1. The van der Waals surface area contributed by atoms with Gasteiger partial charge in [-0.1, -0.05) is 23.2 Å². The molecule has 0 saturated carbocycles. The van der Waals surface area contributed by atoms with E-state index in [2.05, 4.69) is 0 Å². The number of benzene rings is 1. The summed E-state index contributed by atoms with van der Waals surface area (Å²) in [6, 6.07) is 2.39. The molecular formula is C7H3Cl2NO3. The van der Waals surface area contributed by atoms with E-state index in [1.807, 2.05) is 0 Å². The molecule has 1 aromatic carbocycles. The molecule has 0 aliphatic rings. The molecule has 1 rings (SSSR count). The average Bonchev–Trinajstić information content (AvgIpc) is 2.02. The zero-order valence-corrected chi connectivity index (χ0v) is 7.67. The van der Waals surface area contributed by atoms with Gasteiger partial charge in [-0.25, -0.2) is 0 Å². The molecule has 0 aromatic heterocycles. The highest BCUT2D eigenvalue weighted by molar-refractivity contribution is 6.38. The maximum absolute atomic E-state index is 10.4. The van der Waals surface area contributed by atoms with E-state index >= 15 is 0 Å². The molecule has 0 atom stereocenters. The minimum Gasteiger partial charge on any atom is -0.298 e. The van der Waals surface area contributed by atoms with Crippen molar-refractivity contribution in [3.8, 4) is 0 Å². The molecule has 0 saturated heterocycles. The van der Waals surface area contributed by atoms with Crippen LogP contribution in [0, 0.1) is 10.1 Å². The summed E-state index contributed by atoms with van der Waals surface area (Å²) < 4.78 is 0. The van der Waals surface area contributed by atoms with Gasteiger partial charge in [0, 0.05) is 5.56 Å². The van der Waals surface area contributed by atoms with E-state index in [-0.39, 0.29) is 21.3 Å². The van der Waals surface area contributed by atoms with Gasteiger partial charge in [-0.2, -0.15) is 0 Å². The molecule has 0 aliphatic heterocycles. The third-order valence-corrected chi connectivity index (χ3v) is 1.93. The maximum Gasteiger partial charge on any atom is 0.306 e. The lowest BCUT2D eigenvalue weighted by Crippen LogP contribution is -1.92. The van der Waals surface area contributed by atoms with Crippen molar-refractivity contribution in [2.45, 2.75) is 0 Å². The van der Waals surface area contributed by atoms with Gasteiger partial charge in [-0.3, -0.25) is 14.9 Å². The Balaban J connectivity index is 3.39. The van der Waals surface area contributed by atoms with Crippen LogP contribution in [0.3, 0.4) is 0 Å². The number of nitrogens with zero attached hydrogens (tertiary/aromatic N) is 1. The Labute approximate surface area is 83.2 Å². The van der Waals surface area contributed by atoms with Crippen molar-refractivity contribution in [3.05, 3.63) is 37.9 Å². The van der Waals surface area contributed by atoms with Crippen molar-refractivity contribution >= 4 is 35.2 Å². The standard InChI is InChI=1S/C7H3Cl2NO3/c8-5-1-4(3-11)2-6(9)7(5)10(12)13/h1-3H. The molecule has 68 valence electrons. The van der Waals surface area contributed by atoms with Crippen LogP contribution in [0.15, 0.2) is 12.1 Å². The van der Waals surface area contributed by atoms with Gasteiger partial charge in [0.2, 0.25) is 0 Å². The molecular weight excluding hydrogens is 217 g/mol. The predicted octanol–water partition coefficient (Wildman–Crippen LogP) is 2.71. The molecule has 1 aromatic rings. The van der Waals surface area contributed by atoms with Gasteiger partial charge in [-0.15, -0.1) is 0 Å². The molecule has 13 heavy (non-hydrogen) atoms. The van der Waals surface area contributed by atoms with E-state index in [0.29, 0.717) is 6.29 Å². The third kappa shape index (κ3) is 1.96. The zero-order valence-electron chi connectivity index (χ0n) is 6.16. The second-order valence-corrected chi connectivity index (χ2v) is 3.02. The number of hydrogen-bond acceptors (Lipinski definition) is 3. The molecule has 0 radical (unpaired) electrons. The summed E-state index contributed by atoms with van der Waals surface area (Å²) in [5.74, 6) is 0. The lowest BCUT2D eigenvalue weighted by atomic mass is 10.2. The van der Waals surface area contributed by atoms with Crippen molar-refractivity contribution in [3.63, 3.8) is 0 Å². The minimum atomic E-state index is -0.695. The Morgan fingerprint density at radius 3 is 2.08 bits per heavy atom. The van der Waals surface area contributed by atoms with Gasteiger partial charge in [0.1, 0.15) is 16.3 Å². The highest BCUT2D eigenvalue weighted by atomic mass is 35.5. The first-order valence-corrected chi connectivity index (χ1v) is 3.90. The van der Waals surface area contributed by atoms with Crippen molar-refractivity contribution < 1.29 is 9.72 Å². The SMILES string of the molecule is O=Cc1cc(Cl)c([N+](=O)[O-])c(Cl)c1. The van der Waals surface area contributed by atoms with E-state index in [1.54, 1.807) is 0 Å². The number of hydrogen-bond donors (Lipinski definition) is 0. The van der Waals surface area contributed by atoms with Crippen molar-refractivity contribution in [1.29, 1.82) is 0 Å². The van der Waals surface area contributed by atoms with Crippen LogP contribution >= 0.6 is 23.2 Å². The van der Waals surface area contributed by atoms with Crippen LogP contribution in [-0.2, 0) is 0 Å². The van der Waals surface area contributed by atoms with Crippen LogP contribution in [0.25, 0.3) is 0 Å². The Bertz CT molecular complexity index is 355.